The fourth-order valence-electron chi connectivity index (χ4n) is 2.83. The summed E-state index contributed by atoms with van der Waals surface area (Å²) in [6.45, 7) is 4.57. The molecule has 0 radical (unpaired) electrons. The average Bonchev–Trinajstić information content (AvgIpc) is 3.02. The predicted molar refractivity (Wildman–Crippen MR) is 112 cm³/mol. The summed E-state index contributed by atoms with van der Waals surface area (Å²) in [5.74, 6) is -0.425. The zero-order valence-electron chi connectivity index (χ0n) is 15.9. The Morgan fingerprint density at radius 2 is 1.82 bits per heavy atom. The van der Waals surface area contributed by atoms with Crippen molar-refractivity contribution in [2.75, 3.05) is 14.1 Å². The minimum Gasteiger partial charge on any atom is -0.316 e. The molecule has 148 valence electrons. The van der Waals surface area contributed by atoms with E-state index in [0.717, 1.165) is 20.1 Å². The second-order valence-corrected chi connectivity index (χ2v) is 9.94. The number of hydrogen-bond donors (Lipinski definition) is 0. The topological polar surface area (TPSA) is 71.7 Å². The third kappa shape index (κ3) is 3.65. The van der Waals surface area contributed by atoms with Crippen LogP contribution in [0.4, 0.5) is 0 Å². The van der Waals surface area contributed by atoms with Gasteiger partial charge in [0, 0.05) is 31.2 Å². The van der Waals surface area contributed by atoms with Gasteiger partial charge in [0.15, 0.2) is 4.80 Å². The van der Waals surface area contributed by atoms with E-state index < -0.39 is 15.9 Å². The SMILES string of the molecule is CCn1c(=NC(=O)c2ccc(S(=O)(=O)N(C)C)cc2)sc2ccc(Cl)c(C)c21. The molecule has 0 aliphatic rings. The molecule has 0 atom stereocenters. The molecule has 1 aromatic heterocycles. The fourth-order valence-corrected chi connectivity index (χ4v) is 5.03. The molecule has 3 rings (SSSR count). The van der Waals surface area contributed by atoms with Crippen LogP contribution in [0.5, 0.6) is 0 Å². The van der Waals surface area contributed by atoms with Gasteiger partial charge >= 0.3 is 0 Å². The average molecular weight is 438 g/mol. The molecule has 1 heterocycles. The molecule has 9 heteroatoms. The highest BCUT2D eigenvalue weighted by Crippen LogP contribution is 2.27. The zero-order valence-corrected chi connectivity index (χ0v) is 18.3. The van der Waals surface area contributed by atoms with Gasteiger partial charge in [0.1, 0.15) is 0 Å². The Morgan fingerprint density at radius 1 is 1.18 bits per heavy atom. The molecule has 2 aromatic carbocycles. The van der Waals surface area contributed by atoms with Crippen molar-refractivity contribution in [3.8, 4) is 0 Å². The molecule has 0 bridgehead atoms. The van der Waals surface area contributed by atoms with Gasteiger partial charge in [-0.2, -0.15) is 4.99 Å². The highest BCUT2D eigenvalue weighted by atomic mass is 35.5. The van der Waals surface area contributed by atoms with Crippen molar-refractivity contribution in [2.45, 2.75) is 25.3 Å². The van der Waals surface area contributed by atoms with Crippen molar-refractivity contribution in [3.63, 3.8) is 0 Å². The number of aryl methyl sites for hydroxylation is 2. The monoisotopic (exact) mass is 437 g/mol. The van der Waals surface area contributed by atoms with Crippen molar-refractivity contribution < 1.29 is 13.2 Å². The van der Waals surface area contributed by atoms with Crippen LogP contribution in [-0.4, -0.2) is 37.3 Å². The van der Waals surface area contributed by atoms with Crippen LogP contribution >= 0.6 is 22.9 Å². The van der Waals surface area contributed by atoms with E-state index in [2.05, 4.69) is 4.99 Å². The van der Waals surface area contributed by atoms with Crippen molar-refractivity contribution in [2.24, 2.45) is 4.99 Å². The number of halogens is 1. The molecule has 0 unspecified atom stereocenters. The van der Waals surface area contributed by atoms with Crippen LogP contribution < -0.4 is 4.80 Å². The number of thiazole rings is 1. The normalized spacial score (nSPS) is 12.9. The third-order valence-electron chi connectivity index (χ3n) is 4.42. The minimum atomic E-state index is -3.54. The van der Waals surface area contributed by atoms with Crippen LogP contribution in [0.1, 0.15) is 22.8 Å². The van der Waals surface area contributed by atoms with Crippen molar-refractivity contribution >= 4 is 49.1 Å². The standard InChI is InChI=1S/C19H20ClN3O3S2/c1-5-23-17-12(2)15(20)10-11-16(17)27-19(23)21-18(24)13-6-8-14(9-7-13)28(25,26)22(3)4/h6-11H,5H2,1-4H3. The first-order valence-electron chi connectivity index (χ1n) is 8.57. The van der Waals surface area contributed by atoms with E-state index in [1.165, 1.54) is 49.7 Å². The van der Waals surface area contributed by atoms with E-state index in [-0.39, 0.29) is 4.90 Å². The summed E-state index contributed by atoms with van der Waals surface area (Å²) in [6, 6.07) is 9.56. The Morgan fingerprint density at radius 3 is 2.39 bits per heavy atom. The molecule has 1 amide bonds. The Bertz CT molecular complexity index is 1220. The molecule has 0 saturated carbocycles. The summed E-state index contributed by atoms with van der Waals surface area (Å²) in [5.41, 5.74) is 2.25. The summed E-state index contributed by atoms with van der Waals surface area (Å²) in [5, 5.41) is 0.670. The molecule has 0 spiro atoms. The van der Waals surface area contributed by atoms with E-state index >= 15 is 0 Å². The lowest BCUT2D eigenvalue weighted by Crippen LogP contribution is -2.22. The maximum Gasteiger partial charge on any atom is 0.279 e. The van der Waals surface area contributed by atoms with Crippen molar-refractivity contribution in [1.82, 2.24) is 8.87 Å². The number of hydrogen-bond acceptors (Lipinski definition) is 4. The number of amides is 1. The van der Waals surface area contributed by atoms with Crippen LogP contribution in [0.3, 0.4) is 0 Å². The first-order valence-corrected chi connectivity index (χ1v) is 11.2. The van der Waals surface area contributed by atoms with Gasteiger partial charge in [0.2, 0.25) is 10.0 Å². The number of fused-ring (bicyclic) bond motifs is 1. The highest BCUT2D eigenvalue weighted by molar-refractivity contribution is 7.89. The van der Waals surface area contributed by atoms with Gasteiger partial charge in [0.25, 0.3) is 5.91 Å². The van der Waals surface area contributed by atoms with Crippen LogP contribution in [0.2, 0.25) is 5.02 Å². The molecular formula is C19H20ClN3O3S2. The second kappa shape index (κ2) is 7.79. The summed E-state index contributed by atoms with van der Waals surface area (Å²) in [6.07, 6.45) is 0. The van der Waals surface area contributed by atoms with E-state index in [1.807, 2.05) is 30.5 Å². The Kier molecular flexibility index (Phi) is 5.77. The summed E-state index contributed by atoms with van der Waals surface area (Å²) in [4.78, 5) is 17.6. The summed E-state index contributed by atoms with van der Waals surface area (Å²) in [7, 11) is -0.616. The summed E-state index contributed by atoms with van der Waals surface area (Å²) >= 11 is 7.66. The molecular weight excluding hydrogens is 418 g/mol. The van der Waals surface area contributed by atoms with E-state index in [0.29, 0.717) is 21.9 Å². The quantitative estimate of drug-likeness (QED) is 0.625. The van der Waals surface area contributed by atoms with Gasteiger partial charge in [0.05, 0.1) is 15.1 Å². The number of carbonyl (C=O) groups is 1. The predicted octanol–water partition coefficient (Wildman–Crippen LogP) is 3.68. The van der Waals surface area contributed by atoms with E-state index in [1.54, 1.807) is 0 Å². The van der Waals surface area contributed by atoms with Crippen molar-refractivity contribution in [3.05, 3.63) is 57.3 Å². The second-order valence-electron chi connectivity index (χ2n) is 6.38. The van der Waals surface area contributed by atoms with Crippen LogP contribution in [0.15, 0.2) is 46.3 Å². The number of aromatic nitrogens is 1. The Hall–Kier alpha value is -2.00. The summed E-state index contributed by atoms with van der Waals surface area (Å²) < 4.78 is 28.4. The maximum atomic E-state index is 12.6. The van der Waals surface area contributed by atoms with Crippen LogP contribution in [0, 0.1) is 6.92 Å². The number of nitrogens with zero attached hydrogens (tertiary/aromatic N) is 3. The van der Waals surface area contributed by atoms with E-state index in [4.69, 9.17) is 11.6 Å². The lowest BCUT2D eigenvalue weighted by molar-refractivity contribution is 0.0997. The van der Waals surface area contributed by atoms with E-state index in [9.17, 15) is 13.2 Å². The number of benzene rings is 2. The van der Waals surface area contributed by atoms with Gasteiger partial charge in [-0.05, 0) is 55.8 Å². The van der Waals surface area contributed by atoms with Crippen LogP contribution in [0.25, 0.3) is 10.2 Å². The molecule has 6 nitrogen and oxygen atoms in total. The lowest BCUT2D eigenvalue weighted by atomic mass is 10.2. The maximum absolute atomic E-state index is 12.6. The molecule has 0 saturated heterocycles. The third-order valence-corrected chi connectivity index (χ3v) is 7.71. The van der Waals surface area contributed by atoms with Crippen LogP contribution in [-0.2, 0) is 16.6 Å². The zero-order chi connectivity index (χ0) is 20.6. The smallest absolute Gasteiger partial charge is 0.279 e. The number of rotatable bonds is 4. The van der Waals surface area contributed by atoms with Gasteiger partial charge in [-0.3, -0.25) is 4.79 Å². The minimum absolute atomic E-state index is 0.129. The molecule has 0 aliphatic heterocycles. The highest BCUT2D eigenvalue weighted by Gasteiger charge is 2.18. The molecule has 0 N–H and O–H groups in total. The fraction of sp³-hybridized carbons (Fsp3) is 0.263. The lowest BCUT2D eigenvalue weighted by Gasteiger charge is -2.11. The Labute approximate surface area is 172 Å². The largest absolute Gasteiger partial charge is 0.316 e. The first-order chi connectivity index (χ1) is 13.2. The van der Waals surface area contributed by atoms with Gasteiger partial charge in [-0.1, -0.05) is 22.9 Å². The van der Waals surface area contributed by atoms with Crippen molar-refractivity contribution in [1.29, 1.82) is 0 Å². The molecule has 28 heavy (non-hydrogen) atoms. The first kappa shape index (κ1) is 20.7. The number of carbonyl (C=O) groups excluding carboxylic acids is 1. The number of sulfonamides is 1. The van der Waals surface area contributed by atoms with Gasteiger partial charge in [-0.25, -0.2) is 12.7 Å². The van der Waals surface area contributed by atoms with Gasteiger partial charge < -0.3 is 4.57 Å². The molecule has 3 aromatic rings. The molecule has 0 fully saturated rings. The molecule has 0 aliphatic carbocycles. The van der Waals surface area contributed by atoms with Gasteiger partial charge in [-0.15, -0.1) is 0 Å². The Balaban J connectivity index is 2.05.